The van der Waals surface area contributed by atoms with Gasteiger partial charge in [0, 0.05) is 28.6 Å². The normalized spacial score (nSPS) is 14.7. The van der Waals surface area contributed by atoms with Crippen LogP contribution in [0.3, 0.4) is 0 Å². The van der Waals surface area contributed by atoms with E-state index in [0.29, 0.717) is 33.2 Å². The summed E-state index contributed by atoms with van der Waals surface area (Å²) in [6.07, 6.45) is 7.82. The van der Waals surface area contributed by atoms with Gasteiger partial charge in [-0.2, -0.15) is 5.10 Å². The van der Waals surface area contributed by atoms with Gasteiger partial charge in [-0.3, -0.25) is 9.48 Å². The number of halogens is 2. The minimum Gasteiger partial charge on any atom is -0.480 e. The molecule has 0 aliphatic heterocycles. The Bertz CT molecular complexity index is 1010. The summed E-state index contributed by atoms with van der Waals surface area (Å²) in [4.78, 5) is 10.9. The van der Waals surface area contributed by atoms with Gasteiger partial charge in [0.1, 0.15) is 12.2 Å². The molecule has 0 unspecified atom stereocenters. The van der Waals surface area contributed by atoms with Gasteiger partial charge in [-0.1, -0.05) is 36.0 Å². The molecule has 9 heteroatoms. The maximum Gasteiger partial charge on any atom is 0.325 e. The van der Waals surface area contributed by atoms with E-state index in [2.05, 4.69) is 20.6 Å². The topological polar surface area (TPSA) is 92.9 Å². The van der Waals surface area contributed by atoms with Crippen LogP contribution < -0.4 is 5.32 Å². The van der Waals surface area contributed by atoms with Crippen molar-refractivity contribution >= 4 is 45.8 Å². The number of hydrogen-bond acceptors (Lipinski definition) is 5. The van der Waals surface area contributed by atoms with E-state index in [1.54, 1.807) is 24.5 Å². The Labute approximate surface area is 165 Å². The number of nitrogens with zero attached hydrogens (tertiary/aromatic N) is 4. The van der Waals surface area contributed by atoms with Crippen molar-refractivity contribution in [2.24, 2.45) is 0 Å². The Hall–Kier alpha value is -2.38. The van der Waals surface area contributed by atoms with Gasteiger partial charge in [0.05, 0.1) is 16.2 Å². The molecule has 2 N–H and O–H groups in total. The molecule has 140 valence electrons. The highest BCUT2D eigenvalue weighted by Gasteiger charge is 2.19. The second-order valence-electron chi connectivity index (χ2n) is 6.66. The van der Waals surface area contributed by atoms with Crippen LogP contribution in [0.25, 0.3) is 22.0 Å². The average Bonchev–Trinajstić information content (AvgIpc) is 3.28. The number of aromatic nitrogens is 4. The van der Waals surface area contributed by atoms with Crippen molar-refractivity contribution in [3.8, 4) is 11.3 Å². The maximum atomic E-state index is 10.9. The van der Waals surface area contributed by atoms with Gasteiger partial charge in [-0.15, -0.1) is 10.2 Å². The Balaban J connectivity index is 1.80. The number of hydrogen-bond donors (Lipinski definition) is 2. The fourth-order valence-corrected chi connectivity index (χ4v) is 3.77. The Kier molecular flexibility index (Phi) is 4.88. The van der Waals surface area contributed by atoms with E-state index in [1.165, 1.54) is 17.5 Å². The van der Waals surface area contributed by atoms with Crippen LogP contribution in [0, 0.1) is 0 Å². The summed E-state index contributed by atoms with van der Waals surface area (Å²) in [6.45, 7) is -0.223. The molecule has 3 aromatic rings. The van der Waals surface area contributed by atoms with E-state index in [0.717, 1.165) is 23.6 Å². The van der Waals surface area contributed by atoms with E-state index < -0.39 is 5.97 Å². The molecule has 7 nitrogen and oxygen atoms in total. The van der Waals surface area contributed by atoms with Crippen LogP contribution in [0.1, 0.15) is 25.7 Å². The van der Waals surface area contributed by atoms with Crippen molar-refractivity contribution in [3.63, 3.8) is 0 Å². The Morgan fingerprint density at radius 2 is 1.89 bits per heavy atom. The summed E-state index contributed by atoms with van der Waals surface area (Å²) in [6, 6.07) is 3.93. The summed E-state index contributed by atoms with van der Waals surface area (Å²) < 4.78 is 1.34. The van der Waals surface area contributed by atoms with Crippen LogP contribution in [0.15, 0.2) is 24.5 Å². The van der Waals surface area contributed by atoms with Crippen LogP contribution >= 0.6 is 23.2 Å². The first-order chi connectivity index (χ1) is 13.0. The lowest BCUT2D eigenvalue weighted by Crippen LogP contribution is -2.16. The van der Waals surface area contributed by atoms with Gasteiger partial charge in [-0.05, 0) is 25.0 Å². The van der Waals surface area contributed by atoms with Crippen molar-refractivity contribution in [2.45, 2.75) is 38.3 Å². The zero-order valence-corrected chi connectivity index (χ0v) is 15.8. The number of aliphatic carboxylic acids is 1. The minimum absolute atomic E-state index is 0.223. The lowest BCUT2D eigenvalue weighted by molar-refractivity contribution is -0.137. The third-order valence-electron chi connectivity index (χ3n) is 4.72. The van der Waals surface area contributed by atoms with Crippen molar-refractivity contribution in [3.05, 3.63) is 34.6 Å². The predicted octanol–water partition coefficient (Wildman–Crippen LogP) is 4.24. The highest BCUT2D eigenvalue weighted by atomic mass is 35.5. The summed E-state index contributed by atoms with van der Waals surface area (Å²) in [5.74, 6) is -0.288. The van der Waals surface area contributed by atoms with E-state index >= 15 is 0 Å². The zero-order chi connectivity index (χ0) is 19.0. The van der Waals surface area contributed by atoms with E-state index in [1.807, 2.05) is 0 Å². The standard InChI is InChI=1S/C18H17Cl2N5O2/c19-14-5-12-13(6-15(14)20)18(22-11-3-1-2-4-11)24-23-17(12)10-7-21-25(8-10)9-16(26)27/h5-8,11H,1-4,9H2,(H,22,24)(H,26,27). The Morgan fingerprint density at radius 1 is 1.19 bits per heavy atom. The first kappa shape index (κ1) is 18.0. The third-order valence-corrected chi connectivity index (χ3v) is 5.44. The summed E-state index contributed by atoms with van der Waals surface area (Å²) in [7, 11) is 0. The molecule has 0 bridgehead atoms. The number of rotatable bonds is 5. The number of anilines is 1. The van der Waals surface area contributed by atoms with E-state index in [9.17, 15) is 4.79 Å². The van der Waals surface area contributed by atoms with Crippen LogP contribution in [0.5, 0.6) is 0 Å². The monoisotopic (exact) mass is 405 g/mol. The Morgan fingerprint density at radius 3 is 2.59 bits per heavy atom. The van der Waals surface area contributed by atoms with Crippen LogP contribution in [0.2, 0.25) is 10.0 Å². The smallest absolute Gasteiger partial charge is 0.325 e. The highest BCUT2D eigenvalue weighted by molar-refractivity contribution is 6.43. The van der Waals surface area contributed by atoms with Crippen LogP contribution in [-0.4, -0.2) is 37.1 Å². The first-order valence-corrected chi connectivity index (χ1v) is 9.43. The fraction of sp³-hybridized carbons (Fsp3) is 0.333. The predicted molar refractivity (Wildman–Crippen MR) is 104 cm³/mol. The van der Waals surface area contributed by atoms with E-state index in [-0.39, 0.29) is 6.54 Å². The average molecular weight is 406 g/mol. The molecule has 27 heavy (non-hydrogen) atoms. The van der Waals surface area contributed by atoms with Gasteiger partial charge in [0.15, 0.2) is 5.82 Å². The van der Waals surface area contributed by atoms with Gasteiger partial charge >= 0.3 is 5.97 Å². The number of carboxylic acids is 1. The number of carbonyl (C=O) groups is 1. The number of nitrogens with one attached hydrogen (secondary N) is 1. The molecule has 1 fully saturated rings. The zero-order valence-electron chi connectivity index (χ0n) is 14.3. The second-order valence-corrected chi connectivity index (χ2v) is 7.47. The minimum atomic E-state index is -0.966. The molecule has 0 atom stereocenters. The van der Waals surface area contributed by atoms with Crippen molar-refractivity contribution in [1.82, 2.24) is 20.0 Å². The molecular formula is C18H17Cl2N5O2. The summed E-state index contributed by atoms with van der Waals surface area (Å²) in [5.41, 5.74) is 1.25. The first-order valence-electron chi connectivity index (χ1n) is 8.68. The molecule has 1 saturated carbocycles. The quantitative estimate of drug-likeness (QED) is 0.659. The maximum absolute atomic E-state index is 10.9. The molecule has 1 aliphatic rings. The molecule has 0 radical (unpaired) electrons. The summed E-state index contributed by atoms with van der Waals surface area (Å²) >= 11 is 12.5. The van der Waals surface area contributed by atoms with E-state index in [4.69, 9.17) is 28.3 Å². The van der Waals surface area contributed by atoms with Crippen molar-refractivity contribution in [1.29, 1.82) is 0 Å². The van der Waals surface area contributed by atoms with Gasteiger partial charge in [0.25, 0.3) is 0 Å². The van der Waals surface area contributed by atoms with Crippen molar-refractivity contribution in [2.75, 3.05) is 5.32 Å². The molecule has 0 saturated heterocycles. The van der Waals surface area contributed by atoms with Crippen LogP contribution in [0.4, 0.5) is 5.82 Å². The molecule has 0 amide bonds. The lowest BCUT2D eigenvalue weighted by Gasteiger charge is -2.15. The lowest BCUT2D eigenvalue weighted by atomic mass is 10.1. The molecule has 1 aliphatic carbocycles. The molecular weight excluding hydrogens is 389 g/mol. The molecule has 4 rings (SSSR count). The highest BCUT2D eigenvalue weighted by Crippen LogP contribution is 2.36. The van der Waals surface area contributed by atoms with Gasteiger partial charge < -0.3 is 10.4 Å². The number of benzene rings is 1. The fourth-order valence-electron chi connectivity index (χ4n) is 3.44. The van der Waals surface area contributed by atoms with Gasteiger partial charge in [-0.25, -0.2) is 0 Å². The molecule has 2 heterocycles. The number of carboxylic acid groups (broad SMARTS) is 1. The summed E-state index contributed by atoms with van der Waals surface area (Å²) in [5, 5.41) is 27.7. The van der Waals surface area contributed by atoms with Crippen molar-refractivity contribution < 1.29 is 9.90 Å². The molecule has 2 aromatic heterocycles. The SMILES string of the molecule is O=C(O)Cn1cc(-c2nnc(NC3CCCC3)c3cc(Cl)c(Cl)cc23)cn1. The van der Waals surface area contributed by atoms with Crippen LogP contribution in [-0.2, 0) is 11.3 Å². The number of fused-ring (bicyclic) bond motifs is 1. The molecule has 0 spiro atoms. The molecule has 1 aromatic carbocycles. The second kappa shape index (κ2) is 7.32. The van der Waals surface area contributed by atoms with Gasteiger partial charge in [0.2, 0.25) is 0 Å². The largest absolute Gasteiger partial charge is 0.480 e. The third kappa shape index (κ3) is 3.70.